The smallest absolute Gasteiger partial charge is 0.231 e. The first kappa shape index (κ1) is 12.1. The number of fused-ring (bicyclic) bond motifs is 1. The van der Waals surface area contributed by atoms with Crippen LogP contribution in [0.2, 0.25) is 0 Å². The van der Waals surface area contributed by atoms with Gasteiger partial charge in [-0.05, 0) is 30.4 Å². The Morgan fingerprint density at radius 2 is 2.00 bits per heavy atom. The minimum Gasteiger partial charge on any atom is -0.339 e. The summed E-state index contributed by atoms with van der Waals surface area (Å²) in [6.07, 6.45) is 5.58. The number of rotatable bonds is 2. The van der Waals surface area contributed by atoms with E-state index >= 15 is 0 Å². The minimum atomic E-state index is 0.172. The number of hydrogen-bond acceptors (Lipinski definition) is 4. The molecular formula is C16H19N3O. The second-order valence-electron chi connectivity index (χ2n) is 6.00. The van der Waals surface area contributed by atoms with Gasteiger partial charge in [-0.2, -0.15) is 4.98 Å². The number of aromatic nitrogens is 2. The summed E-state index contributed by atoms with van der Waals surface area (Å²) in [4.78, 5) is 4.65. The van der Waals surface area contributed by atoms with Crippen molar-refractivity contribution in [2.75, 3.05) is 0 Å². The van der Waals surface area contributed by atoms with E-state index in [0.29, 0.717) is 5.92 Å². The van der Waals surface area contributed by atoms with Gasteiger partial charge in [-0.15, -0.1) is 0 Å². The van der Waals surface area contributed by atoms with Crippen LogP contribution in [0.3, 0.4) is 0 Å². The fraction of sp³-hybridized carbons (Fsp3) is 0.500. The van der Waals surface area contributed by atoms with Crippen molar-refractivity contribution in [2.24, 2.45) is 5.73 Å². The van der Waals surface area contributed by atoms with Crippen LogP contribution in [0, 0.1) is 0 Å². The van der Waals surface area contributed by atoms with Crippen molar-refractivity contribution < 1.29 is 4.52 Å². The SMILES string of the molecule is NC1CCCCC1c1nc(C2Cc3ccccc32)no1. The molecule has 2 aromatic rings. The maximum atomic E-state index is 6.19. The third-order valence-electron chi connectivity index (χ3n) is 4.76. The lowest BCUT2D eigenvalue weighted by molar-refractivity contribution is 0.288. The quantitative estimate of drug-likeness (QED) is 0.910. The standard InChI is InChI=1S/C16H19N3O/c17-14-8-4-3-7-12(14)16-18-15(19-20-16)13-9-10-5-1-2-6-11(10)13/h1-2,5-6,12-14H,3-4,7-9,17H2. The van der Waals surface area contributed by atoms with E-state index in [1.165, 1.54) is 24.0 Å². The Balaban J connectivity index is 1.57. The van der Waals surface area contributed by atoms with Crippen LogP contribution in [0.4, 0.5) is 0 Å². The van der Waals surface area contributed by atoms with E-state index < -0.39 is 0 Å². The molecule has 2 N–H and O–H groups in total. The molecule has 1 fully saturated rings. The lowest BCUT2D eigenvalue weighted by Gasteiger charge is -2.27. The fourth-order valence-electron chi connectivity index (χ4n) is 3.49. The summed E-state index contributed by atoms with van der Waals surface area (Å²) in [5.74, 6) is 2.14. The summed E-state index contributed by atoms with van der Waals surface area (Å²) >= 11 is 0. The Morgan fingerprint density at radius 3 is 2.85 bits per heavy atom. The predicted molar refractivity (Wildman–Crippen MR) is 75.5 cm³/mol. The molecule has 2 aliphatic carbocycles. The van der Waals surface area contributed by atoms with Crippen LogP contribution >= 0.6 is 0 Å². The van der Waals surface area contributed by atoms with Gasteiger partial charge in [0.05, 0.1) is 11.8 Å². The Labute approximate surface area is 118 Å². The molecule has 1 saturated carbocycles. The van der Waals surface area contributed by atoms with Gasteiger partial charge in [0.15, 0.2) is 5.82 Å². The van der Waals surface area contributed by atoms with Crippen LogP contribution in [0.5, 0.6) is 0 Å². The van der Waals surface area contributed by atoms with E-state index in [0.717, 1.165) is 31.0 Å². The van der Waals surface area contributed by atoms with E-state index in [1.54, 1.807) is 0 Å². The summed E-state index contributed by atoms with van der Waals surface area (Å²) in [7, 11) is 0. The van der Waals surface area contributed by atoms with Crippen molar-refractivity contribution in [3.63, 3.8) is 0 Å². The molecule has 0 saturated heterocycles. The van der Waals surface area contributed by atoms with Crippen molar-refractivity contribution in [1.82, 2.24) is 10.1 Å². The number of hydrogen-bond donors (Lipinski definition) is 1. The molecule has 4 heteroatoms. The van der Waals surface area contributed by atoms with Gasteiger partial charge in [0.25, 0.3) is 0 Å². The van der Waals surface area contributed by atoms with Crippen LogP contribution in [-0.4, -0.2) is 16.2 Å². The summed E-state index contributed by atoms with van der Waals surface area (Å²) in [5.41, 5.74) is 8.93. The van der Waals surface area contributed by atoms with Crippen molar-refractivity contribution in [2.45, 2.75) is 50.0 Å². The van der Waals surface area contributed by atoms with Crippen LogP contribution < -0.4 is 5.73 Å². The van der Waals surface area contributed by atoms with Crippen molar-refractivity contribution in [3.05, 3.63) is 47.1 Å². The average molecular weight is 269 g/mol. The lowest BCUT2D eigenvalue weighted by Crippen LogP contribution is -2.31. The molecule has 4 rings (SSSR count). The first-order valence-electron chi connectivity index (χ1n) is 7.50. The van der Waals surface area contributed by atoms with Crippen molar-refractivity contribution in [3.8, 4) is 0 Å². The molecule has 4 nitrogen and oxygen atoms in total. The monoisotopic (exact) mass is 269 g/mol. The predicted octanol–water partition coefficient (Wildman–Crippen LogP) is 2.74. The van der Waals surface area contributed by atoms with Crippen molar-refractivity contribution >= 4 is 0 Å². The molecule has 2 aliphatic rings. The zero-order chi connectivity index (χ0) is 13.5. The van der Waals surface area contributed by atoms with E-state index in [-0.39, 0.29) is 12.0 Å². The molecule has 1 aromatic heterocycles. The van der Waals surface area contributed by atoms with Gasteiger partial charge in [0.2, 0.25) is 5.89 Å². The first-order valence-corrected chi connectivity index (χ1v) is 7.50. The highest BCUT2D eigenvalue weighted by Crippen LogP contribution is 2.39. The molecule has 0 spiro atoms. The first-order chi connectivity index (χ1) is 9.83. The maximum absolute atomic E-state index is 6.19. The molecule has 0 radical (unpaired) electrons. The van der Waals surface area contributed by atoms with Crippen LogP contribution in [-0.2, 0) is 6.42 Å². The Kier molecular flexibility index (Phi) is 2.84. The van der Waals surface area contributed by atoms with E-state index in [1.807, 2.05) is 0 Å². The summed E-state index contributed by atoms with van der Waals surface area (Å²) in [6.45, 7) is 0. The maximum Gasteiger partial charge on any atom is 0.231 e. The highest BCUT2D eigenvalue weighted by Gasteiger charge is 2.33. The lowest BCUT2D eigenvalue weighted by atomic mass is 9.77. The average Bonchev–Trinajstić information content (AvgIpc) is 2.90. The highest BCUT2D eigenvalue weighted by molar-refractivity contribution is 5.43. The Hall–Kier alpha value is -1.68. The van der Waals surface area contributed by atoms with Gasteiger partial charge in [-0.3, -0.25) is 0 Å². The molecule has 3 atom stereocenters. The molecule has 1 aromatic carbocycles. The summed E-state index contributed by atoms with van der Waals surface area (Å²) in [6, 6.07) is 8.65. The van der Waals surface area contributed by atoms with Crippen LogP contribution in [0.15, 0.2) is 28.8 Å². The van der Waals surface area contributed by atoms with E-state index in [2.05, 4.69) is 34.4 Å². The largest absolute Gasteiger partial charge is 0.339 e. The minimum absolute atomic E-state index is 0.172. The molecule has 0 amide bonds. The number of benzene rings is 1. The molecule has 3 unspecified atom stereocenters. The van der Waals surface area contributed by atoms with Gasteiger partial charge in [0, 0.05) is 6.04 Å². The zero-order valence-corrected chi connectivity index (χ0v) is 11.5. The number of nitrogens with zero attached hydrogens (tertiary/aromatic N) is 2. The zero-order valence-electron chi connectivity index (χ0n) is 11.5. The molecular weight excluding hydrogens is 250 g/mol. The normalized spacial score (nSPS) is 28.8. The summed E-state index contributed by atoms with van der Waals surface area (Å²) < 4.78 is 5.51. The Morgan fingerprint density at radius 1 is 1.15 bits per heavy atom. The van der Waals surface area contributed by atoms with Gasteiger partial charge in [-0.25, -0.2) is 0 Å². The van der Waals surface area contributed by atoms with Gasteiger partial charge in [0.1, 0.15) is 0 Å². The molecule has 20 heavy (non-hydrogen) atoms. The molecule has 0 aliphatic heterocycles. The molecule has 0 bridgehead atoms. The molecule has 1 heterocycles. The fourth-order valence-corrected chi connectivity index (χ4v) is 3.49. The molecule has 104 valence electrons. The van der Waals surface area contributed by atoms with Crippen LogP contribution in [0.1, 0.15) is 60.4 Å². The van der Waals surface area contributed by atoms with Gasteiger partial charge in [-0.1, -0.05) is 42.3 Å². The third-order valence-corrected chi connectivity index (χ3v) is 4.76. The van der Waals surface area contributed by atoms with Gasteiger partial charge < -0.3 is 10.3 Å². The van der Waals surface area contributed by atoms with Gasteiger partial charge >= 0.3 is 0 Å². The van der Waals surface area contributed by atoms with Crippen LogP contribution in [0.25, 0.3) is 0 Å². The summed E-state index contributed by atoms with van der Waals surface area (Å²) in [5, 5.41) is 4.21. The van der Waals surface area contributed by atoms with E-state index in [9.17, 15) is 0 Å². The third kappa shape index (κ3) is 1.86. The second-order valence-corrected chi connectivity index (χ2v) is 6.00. The highest BCUT2D eigenvalue weighted by atomic mass is 16.5. The van der Waals surface area contributed by atoms with E-state index in [4.69, 9.17) is 10.3 Å². The second kappa shape index (κ2) is 4.70. The number of nitrogens with two attached hydrogens (primary N) is 1. The topological polar surface area (TPSA) is 64.9 Å². The van der Waals surface area contributed by atoms with Crippen molar-refractivity contribution in [1.29, 1.82) is 0 Å². The Bertz CT molecular complexity index is 622.